The Morgan fingerprint density at radius 2 is 1.32 bits per heavy atom. The number of thioether (sulfide) groups is 1. The fraction of sp³-hybridized carbons (Fsp3) is 0.656. The lowest BCUT2D eigenvalue weighted by molar-refractivity contribution is -0.838. The van der Waals surface area contributed by atoms with Gasteiger partial charge in [-0.3, -0.25) is 14.2 Å². The minimum atomic E-state index is -4.27. The van der Waals surface area contributed by atoms with Crippen molar-refractivity contribution in [2.75, 3.05) is 19.8 Å². The van der Waals surface area contributed by atoms with Gasteiger partial charge in [0.2, 0.25) is 5.91 Å². The van der Waals surface area contributed by atoms with Crippen LogP contribution >= 0.6 is 11.8 Å². The third-order valence-electron chi connectivity index (χ3n) is 7.72. The Bertz CT molecular complexity index is 994. The van der Waals surface area contributed by atoms with E-state index in [4.69, 9.17) is 0 Å². The van der Waals surface area contributed by atoms with Gasteiger partial charge in [0, 0.05) is 23.8 Å². The number of carbonyl (C=O) groups excluding carboxylic acids is 1. The molecule has 0 bridgehead atoms. The highest BCUT2D eigenvalue weighted by Gasteiger charge is 2.31. The van der Waals surface area contributed by atoms with Gasteiger partial charge in [-0.15, -0.1) is 0 Å². The van der Waals surface area contributed by atoms with E-state index in [0.717, 1.165) is 42.6 Å². The van der Waals surface area contributed by atoms with Gasteiger partial charge in [-0.25, -0.2) is 8.42 Å². The summed E-state index contributed by atoms with van der Waals surface area (Å²) in [7, 11) is -4.27. The van der Waals surface area contributed by atoms with E-state index in [2.05, 4.69) is 35.0 Å². The van der Waals surface area contributed by atoms with E-state index >= 15 is 0 Å². The van der Waals surface area contributed by atoms with Crippen LogP contribution in [-0.2, 0) is 14.9 Å². The van der Waals surface area contributed by atoms with Crippen molar-refractivity contribution in [3.05, 3.63) is 53.0 Å². The number of quaternary nitrogens is 1. The molecule has 0 aromatic heterocycles. The summed E-state index contributed by atoms with van der Waals surface area (Å²) in [5.74, 6) is 0.337. The van der Waals surface area contributed by atoms with E-state index in [1.54, 1.807) is 23.9 Å². The predicted molar refractivity (Wildman–Crippen MR) is 166 cm³/mol. The van der Waals surface area contributed by atoms with Crippen molar-refractivity contribution >= 4 is 27.8 Å². The minimum Gasteiger partial charge on any atom is -0.744 e. The molecule has 2 heterocycles. The molecule has 0 saturated carbocycles. The topological polar surface area (TPSA) is 77.5 Å². The first-order chi connectivity index (χ1) is 19.3. The number of benzene rings is 1. The number of unbranched alkanes of at least 4 members (excludes halogenated alkanes) is 13. The summed E-state index contributed by atoms with van der Waals surface area (Å²) in [6.07, 6.45) is 25.9. The molecule has 1 saturated heterocycles. The zero-order chi connectivity index (χ0) is 29.1. The van der Waals surface area contributed by atoms with Crippen molar-refractivity contribution in [1.82, 2.24) is 4.90 Å². The van der Waals surface area contributed by atoms with Gasteiger partial charge in [0.1, 0.15) is 22.5 Å². The minimum absolute atomic E-state index is 0.178. The summed E-state index contributed by atoms with van der Waals surface area (Å²) < 4.78 is 32.0. The molecule has 1 aromatic rings. The molecule has 1 aromatic carbocycles. The maximum absolute atomic E-state index is 12.1. The monoisotopic (exact) mass is 592 g/mol. The molecule has 6 nitrogen and oxygen atoms in total. The quantitative estimate of drug-likeness (QED) is 0.0971. The SMILES string of the molecule is CCCCCCCCCCCCCCCC[N+]1(CN2CCCC2=O)C=CSC=C1.Cc1ccc(S(=O)(=O)[O-])cc1. The maximum atomic E-state index is 12.1. The summed E-state index contributed by atoms with van der Waals surface area (Å²) in [4.78, 5) is 13.9. The Hall–Kier alpha value is -1.61. The normalized spacial score (nSPS) is 16.3. The molecule has 0 unspecified atom stereocenters. The molecule has 0 N–H and O–H groups in total. The maximum Gasteiger partial charge on any atom is 0.226 e. The fourth-order valence-electron chi connectivity index (χ4n) is 5.20. The van der Waals surface area contributed by atoms with E-state index in [0.29, 0.717) is 5.91 Å². The van der Waals surface area contributed by atoms with Crippen molar-refractivity contribution < 1.29 is 22.2 Å². The van der Waals surface area contributed by atoms with Crippen LogP contribution in [0.25, 0.3) is 0 Å². The van der Waals surface area contributed by atoms with Crippen LogP contribution in [0.4, 0.5) is 0 Å². The molecule has 1 amide bonds. The van der Waals surface area contributed by atoms with Crippen LogP contribution in [0.15, 0.2) is 52.4 Å². The Labute approximate surface area is 248 Å². The zero-order valence-corrected chi connectivity index (χ0v) is 26.5. The molecule has 3 rings (SSSR count). The van der Waals surface area contributed by atoms with E-state index < -0.39 is 10.1 Å². The Morgan fingerprint density at radius 3 is 1.77 bits per heavy atom. The summed E-state index contributed by atoms with van der Waals surface area (Å²) >= 11 is 1.74. The van der Waals surface area contributed by atoms with Gasteiger partial charge in [-0.1, -0.05) is 113 Å². The van der Waals surface area contributed by atoms with Crippen molar-refractivity contribution in [1.29, 1.82) is 0 Å². The van der Waals surface area contributed by atoms with E-state index in [9.17, 15) is 17.8 Å². The van der Waals surface area contributed by atoms with Crippen LogP contribution < -0.4 is 0 Å². The highest BCUT2D eigenvalue weighted by Crippen LogP contribution is 2.25. The molecular weight excluding hydrogens is 540 g/mol. The number of likely N-dealkylation sites (tertiary alicyclic amines) is 1. The lowest BCUT2D eigenvalue weighted by atomic mass is 10.0. The van der Waals surface area contributed by atoms with Crippen molar-refractivity contribution in [2.45, 2.75) is 121 Å². The molecule has 0 aliphatic carbocycles. The lowest BCUT2D eigenvalue weighted by Gasteiger charge is -2.35. The first kappa shape index (κ1) is 34.6. The Morgan fingerprint density at radius 1 is 0.825 bits per heavy atom. The van der Waals surface area contributed by atoms with Gasteiger partial charge in [0.15, 0.2) is 6.67 Å². The lowest BCUT2D eigenvalue weighted by Crippen LogP contribution is -2.48. The first-order valence-electron chi connectivity index (χ1n) is 15.4. The highest BCUT2D eigenvalue weighted by atomic mass is 32.2. The highest BCUT2D eigenvalue weighted by molar-refractivity contribution is 8.04. The van der Waals surface area contributed by atoms with Gasteiger partial charge < -0.3 is 4.55 Å². The Balaban J connectivity index is 0.000000425. The third-order valence-corrected chi connectivity index (χ3v) is 9.12. The molecule has 0 atom stereocenters. The molecule has 2 aliphatic rings. The molecule has 2 aliphatic heterocycles. The predicted octanol–water partition coefficient (Wildman–Crippen LogP) is 8.45. The second-order valence-electron chi connectivity index (χ2n) is 11.3. The Kier molecular flexibility index (Phi) is 16.9. The largest absolute Gasteiger partial charge is 0.744 e. The number of amides is 1. The first-order valence-corrected chi connectivity index (χ1v) is 17.8. The van der Waals surface area contributed by atoms with Gasteiger partial charge in [0.05, 0.1) is 11.4 Å². The van der Waals surface area contributed by atoms with E-state index in [-0.39, 0.29) is 4.90 Å². The van der Waals surface area contributed by atoms with Gasteiger partial charge in [0.25, 0.3) is 0 Å². The number of nitrogens with zero attached hydrogens (tertiary/aromatic N) is 2. The second-order valence-corrected chi connectivity index (χ2v) is 13.5. The van der Waals surface area contributed by atoms with Crippen LogP contribution in [0, 0.1) is 6.92 Å². The molecule has 40 heavy (non-hydrogen) atoms. The molecule has 1 fully saturated rings. The standard InChI is InChI=1S/C25H45N2OS.C7H8O3S/c1-2-3-4-5-6-7-8-9-10-11-12-13-14-15-19-27(20-22-29-23-21-27)24-26-18-16-17-25(26)28;1-6-2-4-7(5-3-6)11(8,9)10/h20-23H,2-19,24H2,1H3;2-5H,1H3,(H,8,9,10)/q+1;/p-1. The van der Waals surface area contributed by atoms with E-state index in [1.165, 1.54) is 102 Å². The average Bonchev–Trinajstić information content (AvgIpc) is 3.33. The van der Waals surface area contributed by atoms with Crippen LogP contribution in [0.2, 0.25) is 0 Å². The van der Waals surface area contributed by atoms with E-state index in [1.807, 2.05) is 6.92 Å². The summed E-state index contributed by atoms with van der Waals surface area (Å²) in [5.41, 5.74) is 0.928. The van der Waals surface area contributed by atoms with Crippen molar-refractivity contribution in [2.24, 2.45) is 0 Å². The number of hydrogen-bond donors (Lipinski definition) is 0. The number of aryl methyl sites for hydroxylation is 1. The van der Waals surface area contributed by atoms with Gasteiger partial charge in [-0.2, -0.15) is 0 Å². The van der Waals surface area contributed by atoms with Crippen LogP contribution in [0.5, 0.6) is 0 Å². The molecule has 226 valence electrons. The smallest absolute Gasteiger partial charge is 0.226 e. The van der Waals surface area contributed by atoms with Crippen LogP contribution in [0.1, 0.15) is 115 Å². The number of hydrogen-bond acceptors (Lipinski definition) is 5. The third kappa shape index (κ3) is 14.3. The number of rotatable bonds is 18. The second kappa shape index (κ2) is 19.5. The van der Waals surface area contributed by atoms with Crippen molar-refractivity contribution in [3.63, 3.8) is 0 Å². The summed E-state index contributed by atoms with van der Waals surface area (Å²) in [6, 6.07) is 5.78. The zero-order valence-electron chi connectivity index (χ0n) is 24.9. The molecule has 0 radical (unpaired) electrons. The van der Waals surface area contributed by atoms with Crippen molar-refractivity contribution in [3.8, 4) is 0 Å². The summed E-state index contributed by atoms with van der Waals surface area (Å²) in [6.45, 7) is 6.99. The van der Waals surface area contributed by atoms with Gasteiger partial charge in [-0.05, 0) is 38.3 Å². The molecular formula is C32H52N2O4S2. The fourth-order valence-corrected chi connectivity index (χ4v) is 6.38. The molecule has 8 heteroatoms. The average molecular weight is 593 g/mol. The van der Waals surface area contributed by atoms with Crippen LogP contribution in [0.3, 0.4) is 0 Å². The number of carbonyl (C=O) groups is 1. The summed E-state index contributed by atoms with van der Waals surface area (Å²) in [5, 5.41) is 4.37. The van der Waals surface area contributed by atoms with Crippen LogP contribution in [-0.4, -0.2) is 48.0 Å². The molecule has 0 spiro atoms. The van der Waals surface area contributed by atoms with Gasteiger partial charge >= 0.3 is 0 Å².